The molecule has 3 rings (SSSR count). The Hall–Kier alpha value is -3.42. The van der Waals surface area contributed by atoms with Crippen LogP contribution in [-0.4, -0.2) is 34.8 Å². The lowest BCUT2D eigenvalue weighted by Crippen LogP contribution is -2.21. The zero-order valence-corrected chi connectivity index (χ0v) is 14.9. The summed E-state index contributed by atoms with van der Waals surface area (Å²) in [5.41, 5.74) is -0.251. The van der Waals surface area contributed by atoms with Gasteiger partial charge in [0.25, 0.3) is 0 Å². The molecule has 0 amide bonds. The number of nitrogens with zero attached hydrogens (tertiary/aromatic N) is 2. The minimum absolute atomic E-state index is 0.0534. The maximum atomic E-state index is 13.9. The molecule has 0 radical (unpaired) electrons. The maximum Gasteiger partial charge on any atom is 0.341 e. The summed E-state index contributed by atoms with van der Waals surface area (Å²) in [7, 11) is 3.03. The number of aromatic carboxylic acids is 1. The fraction of sp³-hybridized carbons (Fsp3) is 0.211. The smallest absolute Gasteiger partial charge is 0.341 e. The number of rotatable bonds is 5. The van der Waals surface area contributed by atoms with E-state index in [4.69, 9.17) is 9.47 Å². The van der Waals surface area contributed by atoms with Gasteiger partial charge in [0, 0.05) is 23.4 Å². The normalized spacial score (nSPS) is 10.8. The molecule has 8 heteroatoms. The highest BCUT2D eigenvalue weighted by molar-refractivity contribution is 5.92. The van der Waals surface area contributed by atoms with Gasteiger partial charge in [-0.2, -0.15) is 0 Å². The van der Waals surface area contributed by atoms with E-state index in [0.29, 0.717) is 17.1 Å². The van der Waals surface area contributed by atoms with Crippen molar-refractivity contribution >= 4 is 17.0 Å². The van der Waals surface area contributed by atoms with Crippen LogP contribution >= 0.6 is 0 Å². The van der Waals surface area contributed by atoms with Gasteiger partial charge in [0.05, 0.1) is 32.3 Å². The van der Waals surface area contributed by atoms with Crippen molar-refractivity contribution < 1.29 is 23.8 Å². The highest BCUT2D eigenvalue weighted by Gasteiger charge is 2.19. The Labute approximate surface area is 153 Å². The van der Waals surface area contributed by atoms with Gasteiger partial charge in [-0.15, -0.1) is 0 Å². The number of aromatic nitrogens is 2. The molecule has 0 atom stereocenters. The van der Waals surface area contributed by atoms with Crippen LogP contribution in [0.15, 0.2) is 35.4 Å². The van der Waals surface area contributed by atoms with Crippen molar-refractivity contribution in [1.82, 2.24) is 9.55 Å². The largest absolute Gasteiger partial charge is 0.497 e. The van der Waals surface area contributed by atoms with E-state index in [9.17, 15) is 19.1 Å². The van der Waals surface area contributed by atoms with Crippen molar-refractivity contribution in [3.63, 3.8) is 0 Å². The van der Waals surface area contributed by atoms with Gasteiger partial charge in [-0.3, -0.25) is 4.79 Å². The minimum atomic E-state index is -1.39. The molecule has 1 N–H and O–H groups in total. The topological polar surface area (TPSA) is 90.7 Å². The molecule has 0 saturated heterocycles. The molecule has 27 heavy (non-hydrogen) atoms. The molecule has 0 aliphatic heterocycles. The lowest BCUT2D eigenvalue weighted by molar-refractivity contribution is 0.0695. The maximum absolute atomic E-state index is 13.9. The van der Waals surface area contributed by atoms with Crippen LogP contribution < -0.4 is 14.9 Å². The van der Waals surface area contributed by atoms with Crippen LogP contribution in [0.25, 0.3) is 11.0 Å². The number of fused-ring (bicyclic) bond motifs is 1. The third kappa shape index (κ3) is 3.21. The van der Waals surface area contributed by atoms with E-state index in [1.54, 1.807) is 18.2 Å². The second kappa shape index (κ2) is 7.06. The van der Waals surface area contributed by atoms with Gasteiger partial charge >= 0.3 is 5.97 Å². The van der Waals surface area contributed by atoms with Crippen molar-refractivity contribution in [3.05, 3.63) is 63.3 Å². The Morgan fingerprint density at radius 3 is 2.67 bits per heavy atom. The molecule has 2 aromatic heterocycles. The number of carbonyl (C=O) groups is 1. The molecule has 0 unspecified atom stereocenters. The molecule has 0 spiro atoms. The van der Waals surface area contributed by atoms with E-state index in [2.05, 4.69) is 4.98 Å². The number of carboxylic acids is 1. The average Bonchev–Trinajstić information content (AvgIpc) is 2.66. The quantitative estimate of drug-likeness (QED) is 0.740. The first-order valence-electron chi connectivity index (χ1n) is 7.99. The van der Waals surface area contributed by atoms with Crippen molar-refractivity contribution in [3.8, 4) is 11.5 Å². The molecule has 3 aromatic rings. The van der Waals surface area contributed by atoms with Gasteiger partial charge in [-0.1, -0.05) is 0 Å². The molecular formula is C19H17FN2O5. The van der Waals surface area contributed by atoms with Crippen molar-refractivity contribution in [2.75, 3.05) is 14.2 Å². The molecule has 1 aromatic carbocycles. The molecule has 0 bridgehead atoms. The van der Waals surface area contributed by atoms with E-state index >= 15 is 0 Å². The summed E-state index contributed by atoms with van der Waals surface area (Å²) in [6, 6.07) is 5.19. The number of benzene rings is 1. The second-order valence-electron chi connectivity index (χ2n) is 5.91. The van der Waals surface area contributed by atoms with Crippen molar-refractivity contribution in [1.29, 1.82) is 0 Å². The Morgan fingerprint density at radius 1 is 1.30 bits per heavy atom. The van der Waals surface area contributed by atoms with E-state index in [1.165, 1.54) is 31.9 Å². The molecule has 0 aliphatic carbocycles. The van der Waals surface area contributed by atoms with E-state index in [-0.39, 0.29) is 23.1 Å². The number of halogens is 1. The highest BCUT2D eigenvalue weighted by atomic mass is 19.1. The molecule has 7 nitrogen and oxygen atoms in total. The Morgan fingerprint density at radius 2 is 2.04 bits per heavy atom. The fourth-order valence-electron chi connectivity index (χ4n) is 2.91. The first-order valence-corrected chi connectivity index (χ1v) is 7.99. The van der Waals surface area contributed by atoms with Gasteiger partial charge in [-0.05, 0) is 19.1 Å². The lowest BCUT2D eigenvalue weighted by Gasteiger charge is -2.15. The number of methoxy groups -OCH3 is 2. The minimum Gasteiger partial charge on any atom is -0.497 e. The van der Waals surface area contributed by atoms with Gasteiger partial charge in [0.1, 0.15) is 28.5 Å². The van der Waals surface area contributed by atoms with Crippen LogP contribution in [0, 0.1) is 12.7 Å². The molecule has 0 fully saturated rings. The summed E-state index contributed by atoms with van der Waals surface area (Å²) in [4.78, 5) is 28.0. The summed E-state index contributed by atoms with van der Waals surface area (Å²) in [6.45, 7) is 1.59. The average molecular weight is 372 g/mol. The number of aryl methyl sites for hydroxylation is 1. The number of hydrogen-bond donors (Lipinski definition) is 1. The molecule has 140 valence electrons. The Balaban J connectivity index is 2.26. The number of pyridine rings is 2. The van der Waals surface area contributed by atoms with E-state index < -0.39 is 22.8 Å². The third-order valence-corrected chi connectivity index (χ3v) is 4.35. The molecule has 0 saturated carbocycles. The van der Waals surface area contributed by atoms with Crippen LogP contribution in [0.3, 0.4) is 0 Å². The van der Waals surface area contributed by atoms with Gasteiger partial charge in [0.2, 0.25) is 5.43 Å². The van der Waals surface area contributed by atoms with Crippen molar-refractivity contribution in [2.24, 2.45) is 0 Å². The highest BCUT2D eigenvalue weighted by Crippen LogP contribution is 2.26. The molecular weight excluding hydrogens is 355 g/mol. The van der Waals surface area contributed by atoms with Crippen molar-refractivity contribution in [2.45, 2.75) is 13.5 Å². The number of ether oxygens (including phenoxy) is 2. The summed E-state index contributed by atoms with van der Waals surface area (Å²) < 4.78 is 26.0. The van der Waals surface area contributed by atoms with Crippen LogP contribution in [0.2, 0.25) is 0 Å². The predicted molar refractivity (Wildman–Crippen MR) is 96.3 cm³/mol. The first-order chi connectivity index (χ1) is 12.9. The van der Waals surface area contributed by atoms with Crippen LogP contribution in [-0.2, 0) is 6.54 Å². The monoisotopic (exact) mass is 372 g/mol. The summed E-state index contributed by atoms with van der Waals surface area (Å²) >= 11 is 0. The first kappa shape index (κ1) is 18.4. The van der Waals surface area contributed by atoms with Gasteiger partial charge in [0.15, 0.2) is 0 Å². The third-order valence-electron chi connectivity index (χ3n) is 4.35. The number of carboxylic acid groups (broad SMARTS) is 1. The second-order valence-corrected chi connectivity index (χ2v) is 5.91. The standard InChI is InChI=1S/C19H17FN2O5/c1-10-14(20)7-21-18-16(10)17(23)13(19(24)25)9-22(18)8-11-4-5-12(26-2)6-15(11)27-3/h4-7,9H,8H2,1-3H3,(H,24,25). The predicted octanol–water partition coefficient (Wildman–Crippen LogP) is 2.61. The summed E-state index contributed by atoms with van der Waals surface area (Å²) in [5, 5.41) is 9.32. The Bertz CT molecular complexity index is 1110. The molecule has 2 heterocycles. The fourth-order valence-corrected chi connectivity index (χ4v) is 2.91. The SMILES string of the molecule is COc1ccc(Cn2cc(C(=O)O)c(=O)c3c(C)c(F)cnc32)c(OC)c1. The van der Waals surface area contributed by atoms with E-state index in [1.807, 2.05) is 0 Å². The van der Waals surface area contributed by atoms with Crippen LogP contribution in [0.4, 0.5) is 4.39 Å². The summed E-state index contributed by atoms with van der Waals surface area (Å²) in [5.74, 6) is -0.934. The Kier molecular flexibility index (Phi) is 4.81. The lowest BCUT2D eigenvalue weighted by atomic mass is 10.1. The van der Waals surface area contributed by atoms with E-state index in [0.717, 1.165) is 6.20 Å². The summed E-state index contributed by atoms with van der Waals surface area (Å²) in [6.07, 6.45) is 2.22. The molecule has 0 aliphatic rings. The van der Waals surface area contributed by atoms with Crippen LogP contribution in [0.5, 0.6) is 11.5 Å². The van der Waals surface area contributed by atoms with Crippen LogP contribution in [0.1, 0.15) is 21.5 Å². The number of hydrogen-bond acceptors (Lipinski definition) is 5. The zero-order valence-electron chi connectivity index (χ0n) is 14.9. The zero-order chi connectivity index (χ0) is 19.7. The van der Waals surface area contributed by atoms with Gasteiger partial charge < -0.3 is 19.1 Å². The van der Waals surface area contributed by atoms with Gasteiger partial charge in [-0.25, -0.2) is 14.2 Å².